The second-order valence-electron chi connectivity index (χ2n) is 4.94. The molecule has 0 aliphatic rings. The largest absolute Gasteiger partial charge is 0.507 e. The third-order valence-corrected chi connectivity index (χ3v) is 3.18. The summed E-state index contributed by atoms with van der Waals surface area (Å²) >= 11 is 0. The van der Waals surface area contributed by atoms with Crippen molar-refractivity contribution < 1.29 is 9.90 Å². The molecule has 19 heavy (non-hydrogen) atoms. The number of amides is 1. The van der Waals surface area contributed by atoms with Gasteiger partial charge in [0.2, 0.25) is 5.91 Å². The molecule has 2 aromatic carbocycles. The lowest BCUT2D eigenvalue weighted by molar-refractivity contribution is -0.118. The molecule has 0 aliphatic heterocycles. The Morgan fingerprint density at radius 2 is 1.79 bits per heavy atom. The van der Waals surface area contributed by atoms with Crippen LogP contribution in [-0.2, 0) is 4.79 Å². The number of hydrogen-bond acceptors (Lipinski definition) is 3. The van der Waals surface area contributed by atoms with Crippen LogP contribution in [0.15, 0.2) is 36.4 Å². The Kier molecular flexibility index (Phi) is 3.71. The van der Waals surface area contributed by atoms with E-state index in [2.05, 4.69) is 5.32 Å². The van der Waals surface area contributed by atoms with E-state index in [9.17, 15) is 9.90 Å². The number of nitrogens with one attached hydrogen (secondary N) is 1. The number of rotatable bonds is 3. The molecule has 1 unspecified atom stereocenters. The molecule has 0 fully saturated rings. The number of benzene rings is 2. The monoisotopic (exact) mass is 258 g/mol. The van der Waals surface area contributed by atoms with Gasteiger partial charge in [0.15, 0.2) is 0 Å². The molecular weight excluding hydrogens is 240 g/mol. The smallest absolute Gasteiger partial charge is 0.241 e. The highest BCUT2D eigenvalue weighted by Crippen LogP contribution is 2.29. The van der Waals surface area contributed by atoms with E-state index in [4.69, 9.17) is 5.73 Å². The fraction of sp³-hybridized carbons (Fsp3) is 0.267. The van der Waals surface area contributed by atoms with Crippen molar-refractivity contribution in [1.29, 1.82) is 0 Å². The van der Waals surface area contributed by atoms with Gasteiger partial charge in [0.25, 0.3) is 0 Å². The number of nitrogens with two attached hydrogens (primary N) is 1. The van der Waals surface area contributed by atoms with Crippen LogP contribution in [0, 0.1) is 5.92 Å². The molecule has 100 valence electrons. The van der Waals surface area contributed by atoms with Crippen molar-refractivity contribution in [2.75, 3.05) is 5.32 Å². The number of carbonyl (C=O) groups is 1. The molecule has 1 amide bonds. The number of hydrogen-bond donors (Lipinski definition) is 3. The number of fused-ring (bicyclic) bond motifs is 1. The lowest BCUT2D eigenvalue weighted by Crippen LogP contribution is -2.39. The third-order valence-electron chi connectivity index (χ3n) is 3.18. The first kappa shape index (κ1) is 13.4. The van der Waals surface area contributed by atoms with E-state index in [1.165, 1.54) is 0 Å². The highest BCUT2D eigenvalue weighted by Gasteiger charge is 2.18. The quantitative estimate of drug-likeness (QED) is 0.791. The van der Waals surface area contributed by atoms with E-state index < -0.39 is 6.04 Å². The summed E-state index contributed by atoms with van der Waals surface area (Å²) < 4.78 is 0. The van der Waals surface area contributed by atoms with Crippen molar-refractivity contribution in [2.24, 2.45) is 11.7 Å². The van der Waals surface area contributed by atoms with Crippen molar-refractivity contribution >= 4 is 22.4 Å². The van der Waals surface area contributed by atoms with E-state index in [0.717, 1.165) is 5.39 Å². The van der Waals surface area contributed by atoms with Gasteiger partial charge in [-0.25, -0.2) is 0 Å². The van der Waals surface area contributed by atoms with Crippen LogP contribution < -0.4 is 11.1 Å². The average molecular weight is 258 g/mol. The molecule has 0 spiro atoms. The van der Waals surface area contributed by atoms with E-state index in [1.807, 2.05) is 26.0 Å². The van der Waals surface area contributed by atoms with Crippen LogP contribution in [0.2, 0.25) is 0 Å². The van der Waals surface area contributed by atoms with Crippen molar-refractivity contribution in [2.45, 2.75) is 19.9 Å². The highest BCUT2D eigenvalue weighted by atomic mass is 16.3. The van der Waals surface area contributed by atoms with Gasteiger partial charge in [-0.2, -0.15) is 0 Å². The Morgan fingerprint density at radius 1 is 1.16 bits per heavy atom. The van der Waals surface area contributed by atoms with Gasteiger partial charge in [0, 0.05) is 16.5 Å². The van der Waals surface area contributed by atoms with Gasteiger partial charge in [-0.05, 0) is 18.1 Å². The Hall–Kier alpha value is -2.07. The van der Waals surface area contributed by atoms with Gasteiger partial charge in [0.05, 0.1) is 6.04 Å². The van der Waals surface area contributed by atoms with E-state index in [-0.39, 0.29) is 17.6 Å². The minimum absolute atomic E-state index is 0.0726. The molecule has 1 atom stereocenters. The molecule has 4 nitrogen and oxygen atoms in total. The zero-order valence-electron chi connectivity index (χ0n) is 11.1. The zero-order chi connectivity index (χ0) is 14.0. The summed E-state index contributed by atoms with van der Waals surface area (Å²) in [6, 6.07) is 10.1. The Labute approximate surface area is 112 Å². The van der Waals surface area contributed by atoms with Crippen molar-refractivity contribution in [3.63, 3.8) is 0 Å². The van der Waals surface area contributed by atoms with Crippen LogP contribution in [0.3, 0.4) is 0 Å². The van der Waals surface area contributed by atoms with E-state index in [0.29, 0.717) is 11.1 Å². The normalized spacial score (nSPS) is 12.6. The SMILES string of the molecule is CC(C)C(N)C(=O)Nc1cccc2c(O)cccc12. The van der Waals surface area contributed by atoms with Crippen LogP contribution in [0.4, 0.5) is 5.69 Å². The molecule has 0 heterocycles. The van der Waals surface area contributed by atoms with Crippen molar-refractivity contribution in [1.82, 2.24) is 0 Å². The summed E-state index contributed by atoms with van der Waals surface area (Å²) in [5.74, 6) is 0.0518. The van der Waals surface area contributed by atoms with Gasteiger partial charge in [-0.3, -0.25) is 4.79 Å². The molecule has 4 heteroatoms. The highest BCUT2D eigenvalue weighted by molar-refractivity contribution is 6.05. The molecule has 0 saturated heterocycles. The second kappa shape index (κ2) is 5.28. The Balaban J connectivity index is 2.36. The topological polar surface area (TPSA) is 75.4 Å². The fourth-order valence-corrected chi connectivity index (χ4v) is 1.92. The molecule has 0 aromatic heterocycles. The number of anilines is 1. The van der Waals surface area contributed by atoms with Crippen LogP contribution in [0.25, 0.3) is 10.8 Å². The van der Waals surface area contributed by atoms with Gasteiger partial charge < -0.3 is 16.2 Å². The Bertz CT molecular complexity index is 608. The lowest BCUT2D eigenvalue weighted by Gasteiger charge is -2.16. The molecule has 0 aliphatic carbocycles. The molecule has 0 bridgehead atoms. The second-order valence-corrected chi connectivity index (χ2v) is 4.94. The molecule has 2 rings (SSSR count). The van der Waals surface area contributed by atoms with Crippen LogP contribution in [0.5, 0.6) is 5.75 Å². The number of phenolic OH excluding ortho intramolecular Hbond substituents is 1. The number of phenols is 1. The Morgan fingerprint density at radius 3 is 2.47 bits per heavy atom. The predicted molar refractivity (Wildman–Crippen MR) is 77.1 cm³/mol. The minimum Gasteiger partial charge on any atom is -0.507 e. The summed E-state index contributed by atoms with van der Waals surface area (Å²) in [4.78, 5) is 12.0. The number of carbonyl (C=O) groups excluding carboxylic acids is 1. The molecule has 4 N–H and O–H groups in total. The lowest BCUT2D eigenvalue weighted by atomic mass is 10.0. The first-order valence-electron chi connectivity index (χ1n) is 6.28. The average Bonchev–Trinajstić information content (AvgIpc) is 2.39. The first-order valence-corrected chi connectivity index (χ1v) is 6.28. The maximum atomic E-state index is 12.0. The van der Waals surface area contributed by atoms with Crippen LogP contribution in [-0.4, -0.2) is 17.1 Å². The summed E-state index contributed by atoms with van der Waals surface area (Å²) in [6.45, 7) is 3.80. The van der Waals surface area contributed by atoms with Crippen molar-refractivity contribution in [3.05, 3.63) is 36.4 Å². The zero-order valence-corrected chi connectivity index (χ0v) is 11.1. The molecule has 2 aromatic rings. The third kappa shape index (κ3) is 2.69. The minimum atomic E-state index is -0.549. The summed E-state index contributed by atoms with van der Waals surface area (Å²) in [7, 11) is 0. The standard InChI is InChI=1S/C15H18N2O2/c1-9(2)14(16)15(19)17-12-7-3-6-11-10(12)5-4-8-13(11)18/h3-9,14,18H,16H2,1-2H3,(H,17,19). The molecular formula is C15H18N2O2. The fourth-order valence-electron chi connectivity index (χ4n) is 1.92. The maximum Gasteiger partial charge on any atom is 0.241 e. The first-order chi connectivity index (χ1) is 9.00. The molecule has 0 saturated carbocycles. The van der Waals surface area contributed by atoms with E-state index >= 15 is 0 Å². The van der Waals surface area contributed by atoms with Gasteiger partial charge in [0.1, 0.15) is 5.75 Å². The van der Waals surface area contributed by atoms with Gasteiger partial charge >= 0.3 is 0 Å². The maximum absolute atomic E-state index is 12.0. The summed E-state index contributed by atoms with van der Waals surface area (Å²) in [5, 5.41) is 14.1. The van der Waals surface area contributed by atoms with Crippen molar-refractivity contribution in [3.8, 4) is 5.75 Å². The van der Waals surface area contributed by atoms with Gasteiger partial charge in [-0.15, -0.1) is 0 Å². The van der Waals surface area contributed by atoms with Crippen LogP contribution >= 0.6 is 0 Å². The predicted octanol–water partition coefficient (Wildman–Crippen LogP) is 2.47. The van der Waals surface area contributed by atoms with E-state index in [1.54, 1.807) is 24.3 Å². The summed E-state index contributed by atoms with van der Waals surface area (Å²) in [6.07, 6.45) is 0. The molecule has 0 radical (unpaired) electrons. The van der Waals surface area contributed by atoms with Crippen LogP contribution in [0.1, 0.15) is 13.8 Å². The number of aromatic hydroxyl groups is 1. The summed E-state index contributed by atoms with van der Waals surface area (Å²) in [5.41, 5.74) is 6.48. The van der Waals surface area contributed by atoms with Gasteiger partial charge in [-0.1, -0.05) is 38.1 Å².